The summed E-state index contributed by atoms with van der Waals surface area (Å²) in [6, 6.07) is 14.1. The Morgan fingerprint density at radius 3 is 2.38 bits per heavy atom. The number of amides is 2. The lowest BCUT2D eigenvalue weighted by molar-refractivity contribution is 0.0712. The number of nitrogens with zero attached hydrogens (tertiary/aromatic N) is 4. The SMILES string of the molecule is CCc1cc(-c2cc(C(=O)N3CCC(c4ccc(C#N)c(C(=O)N(C)C)c4)CC3)c(C)cc2C2CCC2)n[nH]1. The van der Waals surface area contributed by atoms with Crippen LogP contribution >= 0.6 is 0 Å². The molecule has 0 atom stereocenters. The van der Waals surface area contributed by atoms with E-state index in [-0.39, 0.29) is 17.7 Å². The number of piperidine rings is 1. The van der Waals surface area contributed by atoms with Crippen molar-refractivity contribution in [2.75, 3.05) is 27.2 Å². The van der Waals surface area contributed by atoms with E-state index in [1.165, 1.54) is 29.7 Å². The maximum atomic E-state index is 13.8. The molecule has 7 nitrogen and oxygen atoms in total. The van der Waals surface area contributed by atoms with Gasteiger partial charge in [-0.05, 0) is 91.8 Å². The molecule has 0 spiro atoms. The zero-order valence-electron chi connectivity index (χ0n) is 23.4. The molecule has 2 amide bonds. The molecule has 2 fully saturated rings. The summed E-state index contributed by atoms with van der Waals surface area (Å²) >= 11 is 0. The third-order valence-electron chi connectivity index (χ3n) is 8.51. The van der Waals surface area contributed by atoms with Crippen LogP contribution in [0.4, 0.5) is 0 Å². The molecule has 5 rings (SSSR count). The van der Waals surface area contributed by atoms with Gasteiger partial charge in [0.1, 0.15) is 0 Å². The van der Waals surface area contributed by atoms with Crippen LogP contribution in [-0.2, 0) is 6.42 Å². The minimum Gasteiger partial charge on any atom is -0.345 e. The predicted octanol–water partition coefficient (Wildman–Crippen LogP) is 5.81. The molecule has 3 aromatic rings. The van der Waals surface area contributed by atoms with Crippen molar-refractivity contribution >= 4 is 11.8 Å². The summed E-state index contributed by atoms with van der Waals surface area (Å²) in [4.78, 5) is 29.9. The highest BCUT2D eigenvalue weighted by molar-refractivity contribution is 5.98. The fourth-order valence-corrected chi connectivity index (χ4v) is 5.84. The van der Waals surface area contributed by atoms with Crippen molar-refractivity contribution in [3.63, 3.8) is 0 Å². The van der Waals surface area contributed by atoms with Gasteiger partial charge >= 0.3 is 0 Å². The quantitative estimate of drug-likeness (QED) is 0.441. The predicted molar refractivity (Wildman–Crippen MR) is 152 cm³/mol. The van der Waals surface area contributed by atoms with E-state index in [9.17, 15) is 14.9 Å². The number of nitrogens with one attached hydrogen (secondary N) is 1. The molecule has 2 heterocycles. The number of nitriles is 1. The van der Waals surface area contributed by atoms with E-state index in [1.54, 1.807) is 20.2 Å². The summed E-state index contributed by atoms with van der Waals surface area (Å²) in [5.41, 5.74) is 8.08. The second-order valence-electron chi connectivity index (χ2n) is 11.2. The molecule has 39 heavy (non-hydrogen) atoms. The Morgan fingerprint density at radius 1 is 1.05 bits per heavy atom. The van der Waals surface area contributed by atoms with Gasteiger partial charge in [0.15, 0.2) is 0 Å². The largest absolute Gasteiger partial charge is 0.345 e. The minimum atomic E-state index is -0.166. The molecule has 2 aromatic carbocycles. The number of carbonyl (C=O) groups is 2. The van der Waals surface area contributed by atoms with Gasteiger partial charge in [0.05, 0.1) is 22.9 Å². The second kappa shape index (κ2) is 11.1. The van der Waals surface area contributed by atoms with Gasteiger partial charge < -0.3 is 9.80 Å². The Bertz CT molecular complexity index is 1440. The zero-order chi connectivity index (χ0) is 27.7. The van der Waals surface area contributed by atoms with Crippen molar-refractivity contribution in [1.82, 2.24) is 20.0 Å². The van der Waals surface area contributed by atoms with Crippen LogP contribution in [0.2, 0.25) is 0 Å². The number of aromatic amines is 1. The van der Waals surface area contributed by atoms with Crippen LogP contribution in [0.1, 0.15) is 99.5 Å². The molecule has 2 aliphatic rings. The molecule has 1 saturated heterocycles. The minimum absolute atomic E-state index is 0.0712. The number of likely N-dealkylation sites (tertiary alicyclic amines) is 1. The highest BCUT2D eigenvalue weighted by Gasteiger charge is 2.29. The van der Waals surface area contributed by atoms with Crippen LogP contribution in [-0.4, -0.2) is 59.0 Å². The normalized spacial score (nSPS) is 16.0. The lowest BCUT2D eigenvalue weighted by Crippen LogP contribution is -2.38. The van der Waals surface area contributed by atoms with Crippen LogP contribution in [0.25, 0.3) is 11.3 Å². The van der Waals surface area contributed by atoms with E-state index in [0.29, 0.717) is 30.1 Å². The Morgan fingerprint density at radius 2 is 1.79 bits per heavy atom. The van der Waals surface area contributed by atoms with E-state index in [2.05, 4.69) is 41.4 Å². The summed E-state index contributed by atoms with van der Waals surface area (Å²) in [5, 5.41) is 17.2. The van der Waals surface area contributed by atoms with Gasteiger partial charge in [-0.25, -0.2) is 0 Å². The van der Waals surface area contributed by atoms with Crippen molar-refractivity contribution in [2.45, 2.75) is 64.2 Å². The van der Waals surface area contributed by atoms with Gasteiger partial charge in [-0.3, -0.25) is 14.7 Å². The van der Waals surface area contributed by atoms with Crippen LogP contribution in [0.3, 0.4) is 0 Å². The maximum Gasteiger partial charge on any atom is 0.254 e. The molecule has 0 bridgehead atoms. The molecule has 1 N–H and O–H groups in total. The van der Waals surface area contributed by atoms with Crippen molar-refractivity contribution < 1.29 is 9.59 Å². The summed E-state index contributed by atoms with van der Waals surface area (Å²) in [6.07, 6.45) is 6.16. The Hall–Kier alpha value is -3.92. The standard InChI is InChI=1S/C32H37N5O2/c1-5-25-17-30(35-34-25)29-18-26(20(2)15-27(29)22-7-6-8-22)32(39)37-13-11-21(12-14-37)23-9-10-24(19-33)28(16-23)31(38)36(3)4/h9-10,15-18,21-22H,5-8,11-14H2,1-4H3,(H,34,35). The molecular weight excluding hydrogens is 486 g/mol. The fourth-order valence-electron chi connectivity index (χ4n) is 5.84. The third kappa shape index (κ3) is 5.21. The van der Waals surface area contributed by atoms with E-state index < -0.39 is 0 Å². The number of aromatic nitrogens is 2. The van der Waals surface area contributed by atoms with Gasteiger partial charge in [0.25, 0.3) is 11.8 Å². The van der Waals surface area contributed by atoms with Crippen LogP contribution in [0, 0.1) is 18.3 Å². The van der Waals surface area contributed by atoms with E-state index in [1.807, 2.05) is 24.0 Å². The molecule has 202 valence electrons. The van der Waals surface area contributed by atoms with Crippen LogP contribution in [0.15, 0.2) is 36.4 Å². The number of rotatable bonds is 6. The topological polar surface area (TPSA) is 93.1 Å². The van der Waals surface area contributed by atoms with Gasteiger partial charge in [0.2, 0.25) is 0 Å². The molecular formula is C32H37N5O2. The van der Waals surface area contributed by atoms with Crippen LogP contribution < -0.4 is 0 Å². The van der Waals surface area contributed by atoms with Gasteiger partial charge in [-0.15, -0.1) is 0 Å². The first kappa shape index (κ1) is 26.7. The summed E-state index contributed by atoms with van der Waals surface area (Å²) in [5.74, 6) is 0.685. The molecule has 1 aliphatic carbocycles. The Balaban J connectivity index is 1.36. The molecule has 1 aromatic heterocycles. The average molecular weight is 524 g/mol. The van der Waals surface area contributed by atoms with Gasteiger partial charge in [0, 0.05) is 44.0 Å². The number of aryl methyl sites for hydroxylation is 2. The molecule has 7 heteroatoms. The number of carbonyl (C=O) groups excluding carboxylic acids is 2. The summed E-state index contributed by atoms with van der Waals surface area (Å²) in [6.45, 7) is 5.47. The van der Waals surface area contributed by atoms with Crippen LogP contribution in [0.5, 0.6) is 0 Å². The highest BCUT2D eigenvalue weighted by Crippen LogP contribution is 2.42. The maximum absolute atomic E-state index is 13.8. The Kier molecular flexibility index (Phi) is 7.56. The van der Waals surface area contributed by atoms with E-state index >= 15 is 0 Å². The number of H-pyrrole nitrogens is 1. The van der Waals surface area contributed by atoms with Gasteiger partial charge in [-0.2, -0.15) is 10.4 Å². The molecule has 1 aliphatic heterocycles. The number of hydrogen-bond acceptors (Lipinski definition) is 4. The molecule has 0 radical (unpaired) electrons. The van der Waals surface area contributed by atoms with Crippen molar-refractivity contribution in [1.29, 1.82) is 5.26 Å². The Labute approximate surface area is 230 Å². The summed E-state index contributed by atoms with van der Waals surface area (Å²) < 4.78 is 0. The molecule has 1 saturated carbocycles. The fraction of sp³-hybridized carbons (Fsp3) is 0.438. The monoisotopic (exact) mass is 523 g/mol. The second-order valence-corrected chi connectivity index (χ2v) is 11.2. The zero-order valence-corrected chi connectivity index (χ0v) is 23.4. The van der Waals surface area contributed by atoms with E-state index in [4.69, 9.17) is 0 Å². The lowest BCUT2D eigenvalue weighted by Gasteiger charge is -2.33. The average Bonchev–Trinajstić information content (AvgIpc) is 3.40. The first-order chi connectivity index (χ1) is 18.8. The van der Waals surface area contributed by atoms with Crippen molar-refractivity contribution in [3.8, 4) is 17.3 Å². The van der Waals surface area contributed by atoms with Crippen molar-refractivity contribution in [3.05, 3.63) is 75.5 Å². The smallest absolute Gasteiger partial charge is 0.254 e. The van der Waals surface area contributed by atoms with E-state index in [0.717, 1.165) is 52.9 Å². The van der Waals surface area contributed by atoms with Gasteiger partial charge in [-0.1, -0.05) is 25.5 Å². The highest BCUT2D eigenvalue weighted by atomic mass is 16.2. The lowest BCUT2D eigenvalue weighted by atomic mass is 9.76. The first-order valence-electron chi connectivity index (χ1n) is 14.0. The number of benzene rings is 2. The first-order valence-corrected chi connectivity index (χ1v) is 14.0. The number of hydrogen-bond donors (Lipinski definition) is 1. The molecule has 0 unspecified atom stereocenters. The van der Waals surface area contributed by atoms with Crippen molar-refractivity contribution in [2.24, 2.45) is 0 Å². The third-order valence-corrected chi connectivity index (χ3v) is 8.51. The summed E-state index contributed by atoms with van der Waals surface area (Å²) in [7, 11) is 3.39.